The maximum Gasteiger partial charge on any atom is 0.326 e. The minimum absolute atomic E-state index is 0. The molecule has 0 radical (unpaired) electrons. The van der Waals surface area contributed by atoms with E-state index < -0.39 is 0 Å². The van der Waals surface area contributed by atoms with Crippen LogP contribution in [0.2, 0.25) is 0 Å². The summed E-state index contributed by atoms with van der Waals surface area (Å²) in [5.41, 5.74) is 5.38. The fourth-order valence-corrected chi connectivity index (χ4v) is 2.10. The zero-order valence-corrected chi connectivity index (χ0v) is 9.62. The van der Waals surface area contributed by atoms with Gasteiger partial charge in [-0.15, -0.1) is 24.8 Å². The molecular formula is C8H16Cl2N2O2. The number of esters is 1. The van der Waals surface area contributed by atoms with Crippen molar-refractivity contribution in [3.63, 3.8) is 0 Å². The molecule has 1 saturated heterocycles. The van der Waals surface area contributed by atoms with Gasteiger partial charge in [0.15, 0.2) is 0 Å². The normalized spacial score (nSPS) is 38.4. The van der Waals surface area contributed by atoms with Gasteiger partial charge in [-0.05, 0) is 18.8 Å². The van der Waals surface area contributed by atoms with Crippen molar-refractivity contribution in [3.8, 4) is 0 Å². The lowest BCUT2D eigenvalue weighted by Crippen LogP contribution is -2.51. The predicted molar refractivity (Wildman–Crippen MR) is 57.9 cm³/mol. The van der Waals surface area contributed by atoms with E-state index in [2.05, 4.69) is 5.32 Å². The van der Waals surface area contributed by atoms with Crippen molar-refractivity contribution in [2.24, 2.45) is 11.7 Å². The standard InChI is InChI=1S/C8H14N2O2.2ClH/c1-12-7(11)8-3-5(8)2-6(9)4-10-8;;/h5-6,10H,2-4,9H2,1H3;2*1H. The summed E-state index contributed by atoms with van der Waals surface area (Å²) in [5.74, 6) is 0.285. The molecule has 0 amide bonds. The Kier molecular flexibility index (Phi) is 4.65. The number of methoxy groups -OCH3 is 1. The molecule has 4 nitrogen and oxygen atoms in total. The molecule has 3 atom stereocenters. The smallest absolute Gasteiger partial charge is 0.326 e. The Hall–Kier alpha value is -0.0300. The second-order valence-electron chi connectivity index (χ2n) is 3.74. The van der Waals surface area contributed by atoms with E-state index in [0.717, 1.165) is 19.4 Å². The molecule has 0 spiro atoms. The number of hydrogen-bond acceptors (Lipinski definition) is 4. The van der Waals surface area contributed by atoms with Crippen molar-refractivity contribution in [2.45, 2.75) is 24.4 Å². The molecular weight excluding hydrogens is 227 g/mol. The van der Waals surface area contributed by atoms with Gasteiger partial charge >= 0.3 is 5.97 Å². The van der Waals surface area contributed by atoms with Crippen LogP contribution < -0.4 is 11.1 Å². The number of piperidine rings is 1. The lowest BCUT2D eigenvalue weighted by atomic mass is 10.0. The lowest BCUT2D eigenvalue weighted by Gasteiger charge is -2.25. The van der Waals surface area contributed by atoms with Gasteiger partial charge in [-0.25, -0.2) is 0 Å². The zero-order valence-electron chi connectivity index (χ0n) is 7.99. The van der Waals surface area contributed by atoms with Crippen molar-refractivity contribution >= 4 is 30.8 Å². The highest BCUT2D eigenvalue weighted by molar-refractivity contribution is 5.86. The van der Waals surface area contributed by atoms with E-state index in [9.17, 15) is 4.79 Å². The third kappa shape index (κ3) is 1.98. The molecule has 2 rings (SSSR count). The molecule has 0 aromatic heterocycles. The van der Waals surface area contributed by atoms with Gasteiger partial charge in [-0.2, -0.15) is 0 Å². The van der Waals surface area contributed by atoms with Gasteiger partial charge in [-0.3, -0.25) is 4.79 Å². The van der Waals surface area contributed by atoms with Gasteiger partial charge in [0.1, 0.15) is 5.54 Å². The van der Waals surface area contributed by atoms with Crippen LogP contribution in [-0.2, 0) is 9.53 Å². The summed E-state index contributed by atoms with van der Waals surface area (Å²) in [7, 11) is 1.43. The van der Waals surface area contributed by atoms with Crippen LogP contribution in [0.4, 0.5) is 0 Å². The summed E-state index contributed by atoms with van der Waals surface area (Å²) in [6.45, 7) is 0.728. The monoisotopic (exact) mass is 242 g/mol. The number of hydrogen-bond donors (Lipinski definition) is 2. The molecule has 1 aliphatic heterocycles. The Morgan fingerprint density at radius 1 is 1.57 bits per heavy atom. The molecule has 1 aliphatic carbocycles. The van der Waals surface area contributed by atoms with Crippen molar-refractivity contribution in [3.05, 3.63) is 0 Å². The van der Waals surface area contributed by atoms with Crippen molar-refractivity contribution < 1.29 is 9.53 Å². The maximum absolute atomic E-state index is 11.3. The van der Waals surface area contributed by atoms with E-state index in [1.807, 2.05) is 0 Å². The fraction of sp³-hybridized carbons (Fsp3) is 0.875. The average Bonchev–Trinajstić information content (AvgIpc) is 2.78. The molecule has 0 bridgehead atoms. The number of nitrogens with two attached hydrogens (primary N) is 1. The quantitative estimate of drug-likeness (QED) is 0.640. The molecule has 3 unspecified atom stereocenters. The van der Waals surface area contributed by atoms with Gasteiger partial charge < -0.3 is 15.8 Å². The minimum Gasteiger partial charge on any atom is -0.468 e. The third-order valence-corrected chi connectivity index (χ3v) is 2.92. The second-order valence-corrected chi connectivity index (χ2v) is 3.74. The first kappa shape index (κ1) is 14.0. The molecule has 6 heteroatoms. The van der Waals surface area contributed by atoms with Crippen LogP contribution in [0, 0.1) is 5.92 Å². The number of nitrogens with one attached hydrogen (secondary N) is 1. The predicted octanol–water partition coefficient (Wildman–Crippen LogP) is 0.0823. The third-order valence-electron chi connectivity index (χ3n) is 2.92. The largest absolute Gasteiger partial charge is 0.468 e. The van der Waals surface area contributed by atoms with Gasteiger partial charge in [0.2, 0.25) is 0 Å². The van der Waals surface area contributed by atoms with Gasteiger partial charge in [0.25, 0.3) is 0 Å². The van der Waals surface area contributed by atoms with Crippen molar-refractivity contribution in [2.75, 3.05) is 13.7 Å². The highest BCUT2D eigenvalue weighted by Crippen LogP contribution is 2.49. The summed E-state index contributed by atoms with van der Waals surface area (Å²) in [4.78, 5) is 11.3. The summed E-state index contributed by atoms with van der Waals surface area (Å²) in [6, 6.07) is 0.204. The Morgan fingerprint density at radius 2 is 2.21 bits per heavy atom. The van der Waals surface area contributed by atoms with Crippen LogP contribution in [0.25, 0.3) is 0 Å². The average molecular weight is 243 g/mol. The van der Waals surface area contributed by atoms with Crippen LogP contribution in [0.5, 0.6) is 0 Å². The first-order valence-corrected chi connectivity index (χ1v) is 4.28. The Bertz CT molecular complexity index is 227. The number of carbonyl (C=O) groups is 1. The van der Waals surface area contributed by atoms with Crippen LogP contribution in [0.15, 0.2) is 0 Å². The van der Waals surface area contributed by atoms with E-state index >= 15 is 0 Å². The molecule has 2 aliphatic rings. The summed E-state index contributed by atoms with van der Waals surface area (Å²) in [6.07, 6.45) is 1.84. The number of halogens is 2. The SMILES string of the molecule is COC(=O)C12CC1CC(N)CN2.Cl.Cl. The molecule has 1 heterocycles. The van der Waals surface area contributed by atoms with Crippen LogP contribution in [0.1, 0.15) is 12.8 Å². The van der Waals surface area contributed by atoms with Crippen LogP contribution >= 0.6 is 24.8 Å². The first-order valence-electron chi connectivity index (χ1n) is 4.28. The Balaban J connectivity index is 0.000000845. The van der Waals surface area contributed by atoms with Crippen LogP contribution in [-0.4, -0.2) is 31.2 Å². The van der Waals surface area contributed by atoms with Gasteiger partial charge in [0, 0.05) is 12.6 Å². The highest BCUT2D eigenvalue weighted by Gasteiger charge is 2.62. The van der Waals surface area contributed by atoms with E-state index in [1.165, 1.54) is 7.11 Å². The first-order chi connectivity index (χ1) is 5.69. The van der Waals surface area contributed by atoms with E-state index in [1.54, 1.807) is 0 Å². The molecule has 2 fully saturated rings. The van der Waals surface area contributed by atoms with Gasteiger partial charge in [0.05, 0.1) is 7.11 Å². The number of rotatable bonds is 1. The highest BCUT2D eigenvalue weighted by atomic mass is 35.5. The Morgan fingerprint density at radius 3 is 2.71 bits per heavy atom. The molecule has 1 saturated carbocycles. The Labute approximate surface area is 95.8 Å². The number of fused-ring (bicyclic) bond motifs is 1. The number of ether oxygens (including phenoxy) is 1. The van der Waals surface area contributed by atoms with E-state index in [-0.39, 0.29) is 42.4 Å². The van der Waals surface area contributed by atoms with Gasteiger partial charge in [-0.1, -0.05) is 0 Å². The number of carbonyl (C=O) groups excluding carboxylic acids is 1. The fourth-order valence-electron chi connectivity index (χ4n) is 2.10. The van der Waals surface area contributed by atoms with Crippen LogP contribution in [0.3, 0.4) is 0 Å². The zero-order chi connectivity index (χ0) is 8.77. The lowest BCUT2D eigenvalue weighted by molar-refractivity contribution is -0.145. The summed E-state index contributed by atoms with van der Waals surface area (Å²) >= 11 is 0. The van der Waals surface area contributed by atoms with Crippen molar-refractivity contribution in [1.82, 2.24) is 5.32 Å². The molecule has 0 aromatic carbocycles. The molecule has 0 aromatic rings. The molecule has 84 valence electrons. The molecule has 14 heavy (non-hydrogen) atoms. The summed E-state index contributed by atoms with van der Waals surface area (Å²) < 4.78 is 4.73. The maximum atomic E-state index is 11.3. The summed E-state index contributed by atoms with van der Waals surface area (Å²) in [5, 5.41) is 3.17. The minimum atomic E-state index is -0.357. The molecule has 3 N–H and O–H groups in total. The van der Waals surface area contributed by atoms with Crippen molar-refractivity contribution in [1.29, 1.82) is 0 Å². The van der Waals surface area contributed by atoms with E-state index in [0.29, 0.717) is 5.92 Å². The van der Waals surface area contributed by atoms with E-state index in [4.69, 9.17) is 10.5 Å². The second kappa shape index (κ2) is 4.66. The topological polar surface area (TPSA) is 64.3 Å².